The van der Waals surface area contributed by atoms with Crippen molar-refractivity contribution in [3.05, 3.63) is 29.6 Å². The number of hydrogen-bond acceptors (Lipinski definition) is 3. The zero-order valence-electron chi connectivity index (χ0n) is 11.0. The topological polar surface area (TPSA) is 72.2 Å². The number of nitrogens with two attached hydrogens (primary N) is 1. The van der Waals surface area contributed by atoms with Crippen LogP contribution in [0.15, 0.2) is 23.1 Å². The molecule has 0 saturated carbocycles. The van der Waals surface area contributed by atoms with Crippen molar-refractivity contribution in [2.45, 2.75) is 31.7 Å². The van der Waals surface area contributed by atoms with Crippen LogP contribution in [0.1, 0.15) is 26.3 Å². The predicted octanol–water partition coefficient (Wildman–Crippen LogP) is 1.78. The number of nitrogens with one attached hydrogen (secondary N) is 1. The van der Waals surface area contributed by atoms with Gasteiger partial charge in [0.15, 0.2) is 0 Å². The average molecular weight is 304 g/mol. The van der Waals surface area contributed by atoms with E-state index in [1.165, 1.54) is 6.07 Å². The van der Waals surface area contributed by atoms with Gasteiger partial charge in [0.1, 0.15) is 10.8 Å². The molecule has 1 atom stereocenters. The van der Waals surface area contributed by atoms with Crippen LogP contribution in [0, 0.1) is 11.7 Å². The first kappa shape index (κ1) is 16.0. The Morgan fingerprint density at radius 2 is 1.95 bits per heavy atom. The predicted molar refractivity (Wildman–Crippen MR) is 76.9 cm³/mol. The largest absolute Gasteiger partial charge is 0.389 e. The molecule has 0 saturated heterocycles. The van der Waals surface area contributed by atoms with Gasteiger partial charge in [-0.2, -0.15) is 0 Å². The summed E-state index contributed by atoms with van der Waals surface area (Å²) in [5, 5.41) is 0. The normalized spacial score (nSPS) is 13.5. The van der Waals surface area contributed by atoms with Crippen molar-refractivity contribution in [2.24, 2.45) is 11.7 Å². The fraction of sp³-hybridized carbons (Fsp3) is 0.417. The highest BCUT2D eigenvalue weighted by Crippen LogP contribution is 2.16. The Morgan fingerprint density at radius 1 is 1.37 bits per heavy atom. The minimum Gasteiger partial charge on any atom is -0.389 e. The SMILES string of the molecule is CC(C)C(C)NS(=O)(=O)c1ccc(F)c(C(N)=S)c1. The van der Waals surface area contributed by atoms with Gasteiger partial charge in [0, 0.05) is 11.6 Å². The Hall–Kier alpha value is -1.05. The first-order chi connectivity index (χ1) is 8.65. The molecule has 1 aromatic carbocycles. The molecule has 1 aromatic rings. The van der Waals surface area contributed by atoms with Crippen LogP contribution in [0.2, 0.25) is 0 Å². The molecule has 0 aliphatic heterocycles. The maximum atomic E-state index is 13.4. The molecular weight excluding hydrogens is 287 g/mol. The van der Waals surface area contributed by atoms with E-state index in [9.17, 15) is 12.8 Å². The third-order valence-corrected chi connectivity index (χ3v) is 4.63. The zero-order chi connectivity index (χ0) is 14.8. The van der Waals surface area contributed by atoms with Gasteiger partial charge in [-0.3, -0.25) is 0 Å². The zero-order valence-corrected chi connectivity index (χ0v) is 12.6. The van der Waals surface area contributed by atoms with E-state index >= 15 is 0 Å². The molecule has 4 nitrogen and oxygen atoms in total. The van der Waals surface area contributed by atoms with Gasteiger partial charge in [-0.25, -0.2) is 17.5 Å². The fourth-order valence-corrected chi connectivity index (χ4v) is 2.88. The summed E-state index contributed by atoms with van der Waals surface area (Å²) >= 11 is 4.68. The number of benzene rings is 1. The van der Waals surface area contributed by atoms with Gasteiger partial charge in [0.25, 0.3) is 0 Å². The molecule has 1 unspecified atom stereocenters. The van der Waals surface area contributed by atoms with Crippen molar-refractivity contribution < 1.29 is 12.8 Å². The Kier molecular flexibility index (Phi) is 5.00. The molecule has 0 bridgehead atoms. The van der Waals surface area contributed by atoms with Gasteiger partial charge in [0.2, 0.25) is 10.0 Å². The van der Waals surface area contributed by atoms with E-state index in [4.69, 9.17) is 5.73 Å². The fourth-order valence-electron chi connectivity index (χ4n) is 1.31. The van der Waals surface area contributed by atoms with Crippen molar-refractivity contribution in [3.63, 3.8) is 0 Å². The highest BCUT2D eigenvalue weighted by Gasteiger charge is 2.20. The molecular formula is C12H17FN2O2S2. The Bertz CT molecular complexity index is 585. The molecule has 19 heavy (non-hydrogen) atoms. The van der Waals surface area contributed by atoms with Gasteiger partial charge in [-0.05, 0) is 31.0 Å². The van der Waals surface area contributed by atoms with Gasteiger partial charge < -0.3 is 5.73 Å². The molecule has 106 valence electrons. The van der Waals surface area contributed by atoms with Gasteiger partial charge in [0.05, 0.1) is 4.90 Å². The number of rotatable bonds is 5. The second kappa shape index (κ2) is 5.94. The molecule has 0 amide bonds. The summed E-state index contributed by atoms with van der Waals surface area (Å²) in [6.45, 7) is 5.57. The lowest BCUT2D eigenvalue weighted by atomic mass is 10.1. The third-order valence-electron chi connectivity index (χ3n) is 2.85. The molecule has 0 aromatic heterocycles. The minimum absolute atomic E-state index is 0.0517. The smallest absolute Gasteiger partial charge is 0.240 e. The van der Waals surface area contributed by atoms with Gasteiger partial charge in [-0.15, -0.1) is 0 Å². The van der Waals surface area contributed by atoms with Crippen molar-refractivity contribution >= 4 is 27.2 Å². The third kappa shape index (κ3) is 3.95. The van der Waals surface area contributed by atoms with Crippen molar-refractivity contribution in [3.8, 4) is 0 Å². The molecule has 0 aliphatic carbocycles. The van der Waals surface area contributed by atoms with Crippen molar-refractivity contribution in [2.75, 3.05) is 0 Å². The first-order valence-electron chi connectivity index (χ1n) is 5.77. The lowest BCUT2D eigenvalue weighted by Crippen LogP contribution is -2.36. The van der Waals surface area contributed by atoms with E-state index in [2.05, 4.69) is 16.9 Å². The van der Waals surface area contributed by atoms with Crippen LogP contribution >= 0.6 is 12.2 Å². The Labute approximate surface area is 118 Å². The van der Waals surface area contributed by atoms with Crippen LogP contribution in [0.4, 0.5) is 4.39 Å². The number of sulfonamides is 1. The lowest BCUT2D eigenvalue weighted by molar-refractivity contribution is 0.476. The molecule has 0 heterocycles. The van der Waals surface area contributed by atoms with E-state index < -0.39 is 15.8 Å². The van der Waals surface area contributed by atoms with Crippen LogP contribution < -0.4 is 10.5 Å². The number of halogens is 1. The first-order valence-corrected chi connectivity index (χ1v) is 7.66. The number of thiocarbonyl (C=S) groups is 1. The summed E-state index contributed by atoms with van der Waals surface area (Å²) in [6, 6.07) is 3.14. The minimum atomic E-state index is -3.71. The summed E-state index contributed by atoms with van der Waals surface area (Å²) in [6.07, 6.45) is 0. The van der Waals surface area contributed by atoms with E-state index in [0.29, 0.717) is 0 Å². The molecule has 0 aliphatic rings. The molecule has 0 fully saturated rings. The summed E-state index contributed by atoms with van der Waals surface area (Å²) in [7, 11) is -3.71. The van der Waals surface area contributed by atoms with Crippen LogP contribution in [0.5, 0.6) is 0 Å². The van der Waals surface area contributed by atoms with E-state index in [0.717, 1.165) is 12.1 Å². The summed E-state index contributed by atoms with van der Waals surface area (Å²) in [5.41, 5.74) is 5.28. The maximum Gasteiger partial charge on any atom is 0.240 e. The average Bonchev–Trinajstić information content (AvgIpc) is 2.27. The van der Waals surface area contributed by atoms with Crippen LogP contribution in [0.3, 0.4) is 0 Å². The number of hydrogen-bond donors (Lipinski definition) is 2. The van der Waals surface area contributed by atoms with Crippen LogP contribution in [0.25, 0.3) is 0 Å². The quantitative estimate of drug-likeness (QED) is 0.813. The van der Waals surface area contributed by atoms with E-state index in [-0.39, 0.29) is 27.4 Å². The van der Waals surface area contributed by atoms with E-state index in [1.54, 1.807) is 6.92 Å². The van der Waals surface area contributed by atoms with Crippen LogP contribution in [-0.4, -0.2) is 19.4 Å². The second-order valence-corrected chi connectivity index (χ2v) is 6.81. The Morgan fingerprint density at radius 3 is 2.42 bits per heavy atom. The summed E-state index contributed by atoms with van der Waals surface area (Å²) < 4.78 is 40.2. The van der Waals surface area contributed by atoms with Crippen molar-refractivity contribution in [1.29, 1.82) is 0 Å². The summed E-state index contributed by atoms with van der Waals surface area (Å²) in [4.78, 5) is -0.226. The monoisotopic (exact) mass is 304 g/mol. The second-order valence-electron chi connectivity index (χ2n) is 4.66. The highest BCUT2D eigenvalue weighted by molar-refractivity contribution is 7.89. The van der Waals surface area contributed by atoms with Gasteiger partial charge >= 0.3 is 0 Å². The molecule has 0 spiro atoms. The highest BCUT2D eigenvalue weighted by atomic mass is 32.2. The maximum absolute atomic E-state index is 13.4. The summed E-state index contributed by atoms with van der Waals surface area (Å²) in [5.74, 6) is -0.492. The van der Waals surface area contributed by atoms with Crippen molar-refractivity contribution in [1.82, 2.24) is 4.72 Å². The molecule has 1 rings (SSSR count). The van der Waals surface area contributed by atoms with E-state index in [1.807, 2.05) is 13.8 Å². The molecule has 3 N–H and O–H groups in total. The Balaban J connectivity index is 3.16. The van der Waals surface area contributed by atoms with Crippen LogP contribution in [-0.2, 0) is 10.0 Å². The van der Waals surface area contributed by atoms with Gasteiger partial charge in [-0.1, -0.05) is 26.1 Å². The molecule has 0 radical (unpaired) electrons. The lowest BCUT2D eigenvalue weighted by Gasteiger charge is -2.17. The molecule has 7 heteroatoms. The standard InChI is InChI=1S/C12H17FN2O2S2/c1-7(2)8(3)15-19(16,17)9-4-5-11(13)10(6-9)12(14)18/h4-8,15H,1-3H3,(H2,14,18).